The molecule has 1 aliphatic heterocycles. The van der Waals surface area contributed by atoms with Gasteiger partial charge in [0.1, 0.15) is 5.82 Å². The van der Waals surface area contributed by atoms with E-state index in [-0.39, 0.29) is 18.6 Å². The standard InChI is InChI=1S/C14H22N4O2/c1-10-8-11(9-13(16-10)17-15)14(20)18-6-3-2-4-12(18)5-7-19/h8-9,12,19H,2-7,15H2,1H3,(H,16,17). The first kappa shape index (κ1) is 14.7. The number of nitrogen functional groups attached to an aromatic ring is 1. The SMILES string of the molecule is Cc1cc(C(=O)N2CCCCC2CCO)cc(NN)n1. The van der Waals surface area contributed by atoms with Crippen LogP contribution in [-0.4, -0.2) is 40.1 Å². The second kappa shape index (κ2) is 6.67. The van der Waals surface area contributed by atoms with Crippen LogP contribution >= 0.6 is 0 Å². The zero-order valence-corrected chi connectivity index (χ0v) is 11.8. The van der Waals surface area contributed by atoms with E-state index in [1.807, 2.05) is 11.8 Å². The second-order valence-electron chi connectivity index (χ2n) is 5.19. The predicted molar refractivity (Wildman–Crippen MR) is 77.2 cm³/mol. The highest BCUT2D eigenvalue weighted by Crippen LogP contribution is 2.22. The number of pyridine rings is 1. The number of amides is 1. The molecule has 1 atom stereocenters. The Kier molecular flexibility index (Phi) is 4.92. The summed E-state index contributed by atoms with van der Waals surface area (Å²) in [6, 6.07) is 3.57. The number of aryl methyl sites for hydroxylation is 1. The average Bonchev–Trinajstić information content (AvgIpc) is 2.46. The van der Waals surface area contributed by atoms with Crippen LogP contribution in [0.25, 0.3) is 0 Å². The van der Waals surface area contributed by atoms with E-state index in [0.29, 0.717) is 17.8 Å². The largest absolute Gasteiger partial charge is 0.396 e. The summed E-state index contributed by atoms with van der Waals surface area (Å²) in [5.74, 6) is 5.85. The van der Waals surface area contributed by atoms with Gasteiger partial charge in [0.25, 0.3) is 5.91 Å². The highest BCUT2D eigenvalue weighted by atomic mass is 16.3. The lowest BCUT2D eigenvalue weighted by Gasteiger charge is -2.35. The van der Waals surface area contributed by atoms with Crippen molar-refractivity contribution in [2.75, 3.05) is 18.6 Å². The lowest BCUT2D eigenvalue weighted by Crippen LogP contribution is -2.44. The number of likely N-dealkylation sites (tertiary alicyclic amines) is 1. The van der Waals surface area contributed by atoms with E-state index in [9.17, 15) is 4.79 Å². The number of nitrogens with zero attached hydrogens (tertiary/aromatic N) is 2. The number of carbonyl (C=O) groups excluding carboxylic acids is 1. The summed E-state index contributed by atoms with van der Waals surface area (Å²) in [6.07, 6.45) is 3.72. The minimum absolute atomic E-state index is 0.00912. The van der Waals surface area contributed by atoms with Crippen molar-refractivity contribution in [2.45, 2.75) is 38.6 Å². The first-order valence-electron chi connectivity index (χ1n) is 7.03. The van der Waals surface area contributed by atoms with Crippen LogP contribution in [0.15, 0.2) is 12.1 Å². The first-order valence-corrected chi connectivity index (χ1v) is 7.03. The van der Waals surface area contributed by atoms with E-state index in [1.54, 1.807) is 12.1 Å². The number of aliphatic hydroxyl groups is 1. The minimum atomic E-state index is -0.00912. The molecule has 0 aliphatic carbocycles. The van der Waals surface area contributed by atoms with Crippen LogP contribution < -0.4 is 11.3 Å². The highest BCUT2D eigenvalue weighted by molar-refractivity contribution is 5.95. The van der Waals surface area contributed by atoms with E-state index < -0.39 is 0 Å². The summed E-state index contributed by atoms with van der Waals surface area (Å²) in [5.41, 5.74) is 3.82. The lowest BCUT2D eigenvalue weighted by atomic mass is 9.98. The summed E-state index contributed by atoms with van der Waals surface area (Å²) in [7, 11) is 0. The fraction of sp³-hybridized carbons (Fsp3) is 0.571. The molecule has 110 valence electrons. The average molecular weight is 278 g/mol. The van der Waals surface area contributed by atoms with E-state index in [0.717, 1.165) is 31.5 Å². The quantitative estimate of drug-likeness (QED) is 0.565. The van der Waals surface area contributed by atoms with Crippen LogP contribution in [0.2, 0.25) is 0 Å². The molecular weight excluding hydrogens is 256 g/mol. The molecule has 1 aromatic rings. The Morgan fingerprint density at radius 2 is 2.35 bits per heavy atom. The number of carbonyl (C=O) groups is 1. The number of aliphatic hydroxyl groups excluding tert-OH is 1. The molecule has 1 aliphatic rings. The van der Waals surface area contributed by atoms with Crippen LogP contribution in [0, 0.1) is 6.92 Å². The molecule has 0 radical (unpaired) electrons. The fourth-order valence-corrected chi connectivity index (χ4v) is 2.75. The number of nitrogens with two attached hydrogens (primary N) is 1. The maximum absolute atomic E-state index is 12.7. The number of aromatic nitrogens is 1. The molecule has 0 bridgehead atoms. The van der Waals surface area contributed by atoms with Crippen LogP contribution in [0.3, 0.4) is 0 Å². The van der Waals surface area contributed by atoms with Crippen LogP contribution in [-0.2, 0) is 0 Å². The van der Waals surface area contributed by atoms with Gasteiger partial charge in [-0.2, -0.15) is 0 Å². The summed E-state index contributed by atoms with van der Waals surface area (Å²) < 4.78 is 0. The summed E-state index contributed by atoms with van der Waals surface area (Å²) in [6.45, 7) is 2.69. The topological polar surface area (TPSA) is 91.5 Å². The number of anilines is 1. The van der Waals surface area contributed by atoms with Crippen LogP contribution in [0.4, 0.5) is 5.82 Å². The van der Waals surface area contributed by atoms with Gasteiger partial charge in [0.15, 0.2) is 0 Å². The molecule has 2 rings (SSSR count). The third-order valence-corrected chi connectivity index (χ3v) is 3.70. The number of rotatable bonds is 4. The highest BCUT2D eigenvalue weighted by Gasteiger charge is 2.27. The van der Waals surface area contributed by atoms with Gasteiger partial charge in [-0.05, 0) is 44.7 Å². The van der Waals surface area contributed by atoms with Gasteiger partial charge in [0.2, 0.25) is 0 Å². The number of piperidine rings is 1. The molecule has 2 heterocycles. The summed E-state index contributed by atoms with van der Waals surface area (Å²) in [4.78, 5) is 18.7. The zero-order chi connectivity index (χ0) is 14.5. The van der Waals surface area contributed by atoms with Gasteiger partial charge < -0.3 is 15.4 Å². The lowest BCUT2D eigenvalue weighted by molar-refractivity contribution is 0.0574. The Morgan fingerprint density at radius 3 is 3.05 bits per heavy atom. The first-order chi connectivity index (χ1) is 9.65. The van der Waals surface area contributed by atoms with Gasteiger partial charge in [0, 0.05) is 30.5 Å². The zero-order valence-electron chi connectivity index (χ0n) is 11.8. The van der Waals surface area contributed by atoms with Gasteiger partial charge >= 0.3 is 0 Å². The van der Waals surface area contributed by atoms with Crippen molar-refractivity contribution < 1.29 is 9.90 Å². The Balaban J connectivity index is 2.22. The molecule has 0 spiro atoms. The van der Waals surface area contributed by atoms with Crippen molar-refractivity contribution in [3.63, 3.8) is 0 Å². The molecular formula is C14H22N4O2. The van der Waals surface area contributed by atoms with Crippen molar-refractivity contribution in [3.05, 3.63) is 23.4 Å². The summed E-state index contributed by atoms with van der Waals surface area (Å²) in [5, 5.41) is 9.14. The van der Waals surface area contributed by atoms with Gasteiger partial charge in [-0.15, -0.1) is 0 Å². The van der Waals surface area contributed by atoms with Crippen molar-refractivity contribution in [1.29, 1.82) is 0 Å². The molecule has 20 heavy (non-hydrogen) atoms. The minimum Gasteiger partial charge on any atom is -0.396 e. The molecule has 0 saturated carbocycles. The normalized spacial score (nSPS) is 18.9. The maximum Gasteiger partial charge on any atom is 0.254 e. The molecule has 1 aromatic heterocycles. The van der Waals surface area contributed by atoms with Crippen molar-refractivity contribution >= 4 is 11.7 Å². The van der Waals surface area contributed by atoms with Gasteiger partial charge in [-0.1, -0.05) is 0 Å². The molecule has 4 N–H and O–H groups in total. The molecule has 0 aromatic carbocycles. The van der Waals surface area contributed by atoms with Gasteiger partial charge in [0.05, 0.1) is 0 Å². The Bertz CT molecular complexity index is 476. The monoisotopic (exact) mass is 278 g/mol. The molecule has 1 unspecified atom stereocenters. The summed E-state index contributed by atoms with van der Waals surface area (Å²) >= 11 is 0. The molecule has 6 heteroatoms. The van der Waals surface area contributed by atoms with E-state index in [4.69, 9.17) is 10.9 Å². The smallest absolute Gasteiger partial charge is 0.254 e. The van der Waals surface area contributed by atoms with E-state index in [2.05, 4.69) is 10.4 Å². The predicted octanol–water partition coefficient (Wildman–Crippen LogP) is 1.05. The van der Waals surface area contributed by atoms with Crippen molar-refractivity contribution in [2.24, 2.45) is 5.84 Å². The molecule has 1 fully saturated rings. The van der Waals surface area contributed by atoms with Gasteiger partial charge in [-0.25, -0.2) is 10.8 Å². The van der Waals surface area contributed by atoms with Crippen molar-refractivity contribution in [1.82, 2.24) is 9.88 Å². The number of nitrogens with one attached hydrogen (secondary N) is 1. The maximum atomic E-state index is 12.7. The number of hydrazine groups is 1. The van der Waals surface area contributed by atoms with Crippen molar-refractivity contribution in [3.8, 4) is 0 Å². The van der Waals surface area contributed by atoms with Crippen LogP contribution in [0.1, 0.15) is 41.7 Å². The Labute approximate surface area is 119 Å². The molecule has 1 saturated heterocycles. The van der Waals surface area contributed by atoms with Gasteiger partial charge in [-0.3, -0.25) is 4.79 Å². The molecule has 1 amide bonds. The Morgan fingerprint density at radius 1 is 1.55 bits per heavy atom. The molecule has 6 nitrogen and oxygen atoms in total. The third kappa shape index (κ3) is 3.26. The Hall–Kier alpha value is -1.66. The number of hydrogen-bond acceptors (Lipinski definition) is 5. The fourth-order valence-electron chi connectivity index (χ4n) is 2.75. The van der Waals surface area contributed by atoms with Crippen LogP contribution in [0.5, 0.6) is 0 Å². The number of hydrogen-bond donors (Lipinski definition) is 3. The van der Waals surface area contributed by atoms with E-state index >= 15 is 0 Å². The third-order valence-electron chi connectivity index (χ3n) is 3.70. The van der Waals surface area contributed by atoms with E-state index in [1.165, 1.54) is 0 Å². The second-order valence-corrected chi connectivity index (χ2v) is 5.19.